The number of anilines is 2. The average molecular weight is 275 g/mol. The predicted octanol–water partition coefficient (Wildman–Crippen LogP) is 1.20. The van der Waals surface area contributed by atoms with Crippen molar-refractivity contribution in [2.45, 2.75) is 40.2 Å². The van der Waals surface area contributed by atoms with Crippen LogP contribution in [-0.2, 0) is 19.4 Å². The summed E-state index contributed by atoms with van der Waals surface area (Å²) in [5.41, 5.74) is 7.74. The van der Waals surface area contributed by atoms with E-state index in [2.05, 4.69) is 39.3 Å². The lowest BCUT2D eigenvalue weighted by Gasteiger charge is -2.12. The van der Waals surface area contributed by atoms with Crippen molar-refractivity contribution in [1.29, 1.82) is 0 Å². The topological polar surface area (TPSA) is 94.5 Å². The van der Waals surface area contributed by atoms with Crippen LogP contribution < -0.4 is 11.1 Å². The zero-order chi connectivity index (χ0) is 14.5. The molecule has 0 radical (unpaired) electrons. The van der Waals surface area contributed by atoms with Gasteiger partial charge in [0.2, 0.25) is 5.95 Å². The number of hydrogen-bond acceptors (Lipinski definition) is 6. The molecule has 0 bridgehead atoms. The number of nitrogens with two attached hydrogens (primary N) is 1. The summed E-state index contributed by atoms with van der Waals surface area (Å²) < 4.78 is 2.03. The third-order valence-electron chi connectivity index (χ3n) is 3.26. The second-order valence-corrected chi connectivity index (χ2v) is 4.56. The second-order valence-electron chi connectivity index (χ2n) is 4.56. The van der Waals surface area contributed by atoms with Crippen molar-refractivity contribution in [3.05, 3.63) is 23.4 Å². The van der Waals surface area contributed by atoms with E-state index in [1.165, 1.54) is 0 Å². The average Bonchev–Trinajstić information content (AvgIpc) is 2.86. The third kappa shape index (κ3) is 3.04. The van der Waals surface area contributed by atoms with E-state index in [1.54, 1.807) is 6.33 Å². The van der Waals surface area contributed by atoms with E-state index in [1.807, 2.05) is 11.5 Å². The fourth-order valence-electron chi connectivity index (χ4n) is 2.22. The summed E-state index contributed by atoms with van der Waals surface area (Å²) in [6, 6.07) is 0. The van der Waals surface area contributed by atoms with E-state index in [9.17, 15) is 0 Å². The molecular formula is C13H21N7. The predicted molar refractivity (Wildman–Crippen MR) is 78.4 cm³/mol. The molecule has 0 aliphatic rings. The molecule has 0 amide bonds. The van der Waals surface area contributed by atoms with Gasteiger partial charge in [-0.2, -0.15) is 4.98 Å². The van der Waals surface area contributed by atoms with Gasteiger partial charge in [-0.05, 0) is 20.3 Å². The lowest BCUT2D eigenvalue weighted by atomic mass is 10.1. The van der Waals surface area contributed by atoms with Crippen molar-refractivity contribution in [1.82, 2.24) is 24.7 Å². The summed E-state index contributed by atoms with van der Waals surface area (Å²) in [5, 5.41) is 11.4. The minimum atomic E-state index is 0.305. The lowest BCUT2D eigenvalue weighted by molar-refractivity contribution is 0.697. The number of nitrogens with zero attached hydrogens (tertiary/aromatic N) is 5. The van der Waals surface area contributed by atoms with Crippen LogP contribution in [0, 0.1) is 6.92 Å². The van der Waals surface area contributed by atoms with Gasteiger partial charge in [0.15, 0.2) is 0 Å². The molecule has 2 aromatic heterocycles. The third-order valence-corrected chi connectivity index (χ3v) is 3.26. The molecule has 0 aliphatic carbocycles. The van der Waals surface area contributed by atoms with Crippen LogP contribution in [0.5, 0.6) is 0 Å². The molecule has 7 nitrogen and oxygen atoms in total. The van der Waals surface area contributed by atoms with E-state index >= 15 is 0 Å². The number of rotatable bonds is 6. The first kappa shape index (κ1) is 14.2. The Bertz CT molecular complexity index is 576. The molecule has 0 spiro atoms. The molecule has 2 aromatic rings. The zero-order valence-electron chi connectivity index (χ0n) is 12.2. The van der Waals surface area contributed by atoms with Crippen LogP contribution in [0.15, 0.2) is 6.33 Å². The van der Waals surface area contributed by atoms with Gasteiger partial charge in [0.05, 0.1) is 0 Å². The summed E-state index contributed by atoms with van der Waals surface area (Å²) in [6.07, 6.45) is 3.42. The Kier molecular flexibility index (Phi) is 4.49. The molecular weight excluding hydrogens is 254 g/mol. The SMILES string of the molecule is CCc1c(C)nc(N)nc1NCCc1nncn1CC. The van der Waals surface area contributed by atoms with Crippen LogP contribution in [0.1, 0.15) is 30.9 Å². The van der Waals surface area contributed by atoms with E-state index in [0.717, 1.165) is 48.8 Å². The van der Waals surface area contributed by atoms with Crippen molar-refractivity contribution in [3.63, 3.8) is 0 Å². The fourth-order valence-corrected chi connectivity index (χ4v) is 2.22. The van der Waals surface area contributed by atoms with Crippen LogP contribution in [0.2, 0.25) is 0 Å². The van der Waals surface area contributed by atoms with Gasteiger partial charge < -0.3 is 15.6 Å². The fraction of sp³-hybridized carbons (Fsp3) is 0.538. The number of aryl methyl sites for hydroxylation is 2. The molecule has 0 saturated heterocycles. The summed E-state index contributed by atoms with van der Waals surface area (Å²) >= 11 is 0. The highest BCUT2D eigenvalue weighted by molar-refractivity contribution is 5.49. The first-order chi connectivity index (χ1) is 9.65. The van der Waals surface area contributed by atoms with Crippen LogP contribution in [-0.4, -0.2) is 31.3 Å². The molecule has 108 valence electrons. The second kappa shape index (κ2) is 6.31. The van der Waals surface area contributed by atoms with Crippen LogP contribution in [0.4, 0.5) is 11.8 Å². The Balaban J connectivity index is 2.04. The summed E-state index contributed by atoms with van der Waals surface area (Å²) in [7, 11) is 0. The zero-order valence-corrected chi connectivity index (χ0v) is 12.2. The molecule has 0 fully saturated rings. The molecule has 2 rings (SSSR count). The van der Waals surface area contributed by atoms with Crippen molar-refractivity contribution in [3.8, 4) is 0 Å². The minimum Gasteiger partial charge on any atom is -0.369 e. The Hall–Kier alpha value is -2.18. The molecule has 3 N–H and O–H groups in total. The van der Waals surface area contributed by atoms with E-state index in [-0.39, 0.29) is 0 Å². The molecule has 0 atom stereocenters. The molecule has 20 heavy (non-hydrogen) atoms. The lowest BCUT2D eigenvalue weighted by Crippen LogP contribution is -2.14. The maximum Gasteiger partial charge on any atom is 0.222 e. The van der Waals surface area contributed by atoms with Gasteiger partial charge in [0.25, 0.3) is 0 Å². The van der Waals surface area contributed by atoms with E-state index in [4.69, 9.17) is 5.73 Å². The molecule has 0 saturated carbocycles. The summed E-state index contributed by atoms with van der Waals surface area (Å²) in [6.45, 7) is 7.73. The molecule has 7 heteroatoms. The van der Waals surface area contributed by atoms with Crippen molar-refractivity contribution < 1.29 is 0 Å². The maximum absolute atomic E-state index is 5.71. The van der Waals surface area contributed by atoms with Crippen molar-refractivity contribution in [2.24, 2.45) is 0 Å². The van der Waals surface area contributed by atoms with Gasteiger partial charge in [-0.25, -0.2) is 4.98 Å². The Morgan fingerprint density at radius 3 is 2.80 bits per heavy atom. The van der Waals surface area contributed by atoms with Crippen molar-refractivity contribution in [2.75, 3.05) is 17.6 Å². The highest BCUT2D eigenvalue weighted by Gasteiger charge is 2.09. The van der Waals surface area contributed by atoms with Crippen molar-refractivity contribution >= 4 is 11.8 Å². The van der Waals surface area contributed by atoms with Crippen LogP contribution >= 0.6 is 0 Å². The molecule has 0 aromatic carbocycles. The smallest absolute Gasteiger partial charge is 0.222 e. The number of nitrogens with one attached hydrogen (secondary N) is 1. The number of hydrogen-bond donors (Lipinski definition) is 2. The standard InChI is InChI=1S/C13H21N7/c1-4-10-9(3)17-13(14)18-12(10)15-7-6-11-19-16-8-20(11)5-2/h8H,4-7H2,1-3H3,(H3,14,15,17,18). The summed E-state index contributed by atoms with van der Waals surface area (Å²) in [5.74, 6) is 2.09. The van der Waals surface area contributed by atoms with Gasteiger partial charge in [-0.3, -0.25) is 0 Å². The highest BCUT2D eigenvalue weighted by Crippen LogP contribution is 2.17. The van der Waals surface area contributed by atoms with E-state index < -0.39 is 0 Å². The Morgan fingerprint density at radius 1 is 1.30 bits per heavy atom. The molecule has 0 aliphatic heterocycles. The van der Waals surface area contributed by atoms with Crippen LogP contribution in [0.3, 0.4) is 0 Å². The first-order valence-corrected chi connectivity index (χ1v) is 6.89. The Morgan fingerprint density at radius 2 is 2.10 bits per heavy atom. The van der Waals surface area contributed by atoms with Gasteiger partial charge in [0.1, 0.15) is 18.0 Å². The molecule has 0 unspecified atom stereocenters. The summed E-state index contributed by atoms with van der Waals surface area (Å²) in [4.78, 5) is 8.47. The highest BCUT2D eigenvalue weighted by atomic mass is 15.3. The van der Waals surface area contributed by atoms with Gasteiger partial charge in [0, 0.05) is 30.8 Å². The number of nitrogen functional groups attached to an aromatic ring is 1. The van der Waals surface area contributed by atoms with Crippen LogP contribution in [0.25, 0.3) is 0 Å². The van der Waals surface area contributed by atoms with Gasteiger partial charge in [-0.1, -0.05) is 6.92 Å². The largest absolute Gasteiger partial charge is 0.369 e. The minimum absolute atomic E-state index is 0.305. The monoisotopic (exact) mass is 275 g/mol. The molecule has 2 heterocycles. The van der Waals surface area contributed by atoms with Gasteiger partial charge in [-0.15, -0.1) is 10.2 Å². The normalized spacial score (nSPS) is 10.8. The quantitative estimate of drug-likeness (QED) is 0.822. The van der Waals surface area contributed by atoms with E-state index in [0.29, 0.717) is 5.95 Å². The maximum atomic E-state index is 5.71. The van der Waals surface area contributed by atoms with Gasteiger partial charge >= 0.3 is 0 Å². The Labute approximate surface area is 118 Å². The first-order valence-electron chi connectivity index (χ1n) is 6.89. The number of aromatic nitrogens is 5.